The third-order valence-electron chi connectivity index (χ3n) is 1.90. The Kier molecular flexibility index (Phi) is 4.11. The minimum absolute atomic E-state index is 0.0270. The molecule has 0 atom stereocenters. The van der Waals surface area contributed by atoms with Crippen LogP contribution in [0.1, 0.15) is 17.6 Å². The molecule has 0 saturated carbocycles. The highest BCUT2D eigenvalue weighted by Gasteiger charge is 2.26. The van der Waals surface area contributed by atoms with E-state index < -0.39 is 17.2 Å². The fourth-order valence-corrected chi connectivity index (χ4v) is 1.78. The van der Waals surface area contributed by atoms with Gasteiger partial charge in [0, 0.05) is 10.9 Å². The van der Waals surface area contributed by atoms with Crippen LogP contribution in [0.4, 0.5) is 14.6 Å². The first kappa shape index (κ1) is 12.8. The lowest BCUT2D eigenvalue weighted by Crippen LogP contribution is -2.03. The topological polar surface area (TPSA) is 65.3 Å². The fraction of sp³-hybridized carbons (Fsp3) is 0.375. The summed E-state index contributed by atoms with van der Waals surface area (Å²) in [5.74, 6) is -0.805. The van der Waals surface area contributed by atoms with E-state index in [1.165, 1.54) is 7.11 Å². The maximum absolute atomic E-state index is 12.6. The highest BCUT2D eigenvalue weighted by atomic mass is 79.9. The van der Waals surface area contributed by atoms with Gasteiger partial charge in [0.15, 0.2) is 0 Å². The highest BCUT2D eigenvalue weighted by Crippen LogP contribution is 2.36. The molecular formula is C8H7BrF2N2O3. The van der Waals surface area contributed by atoms with Gasteiger partial charge in [-0.2, -0.15) is 0 Å². The van der Waals surface area contributed by atoms with E-state index in [0.29, 0.717) is 0 Å². The number of aromatic nitrogens is 1. The van der Waals surface area contributed by atoms with Gasteiger partial charge in [0.1, 0.15) is 6.20 Å². The molecule has 0 spiro atoms. The number of nitro groups is 1. The van der Waals surface area contributed by atoms with E-state index in [4.69, 9.17) is 4.74 Å². The van der Waals surface area contributed by atoms with Crippen molar-refractivity contribution in [2.24, 2.45) is 0 Å². The van der Waals surface area contributed by atoms with Gasteiger partial charge in [-0.15, -0.1) is 0 Å². The number of hydrogen-bond acceptors (Lipinski definition) is 4. The molecule has 1 heterocycles. The van der Waals surface area contributed by atoms with Gasteiger partial charge in [-0.05, 0) is 9.91 Å². The van der Waals surface area contributed by atoms with Gasteiger partial charge in [-0.1, -0.05) is 15.9 Å². The molecule has 8 heteroatoms. The van der Waals surface area contributed by atoms with E-state index in [9.17, 15) is 18.9 Å². The number of nitrogens with zero attached hydrogens (tertiary/aromatic N) is 2. The molecule has 0 bridgehead atoms. The second kappa shape index (κ2) is 5.15. The molecule has 0 aliphatic carbocycles. The second-order valence-corrected chi connectivity index (χ2v) is 3.30. The summed E-state index contributed by atoms with van der Waals surface area (Å²) >= 11 is 2.99. The molecule has 0 aliphatic heterocycles. The van der Waals surface area contributed by atoms with E-state index in [0.717, 1.165) is 6.20 Å². The van der Waals surface area contributed by atoms with Gasteiger partial charge in [0.2, 0.25) is 5.75 Å². The zero-order valence-electron chi connectivity index (χ0n) is 8.11. The van der Waals surface area contributed by atoms with Crippen LogP contribution in [-0.4, -0.2) is 17.0 Å². The Morgan fingerprint density at radius 1 is 1.69 bits per heavy atom. The molecule has 0 saturated heterocycles. The van der Waals surface area contributed by atoms with Crippen LogP contribution in [0.2, 0.25) is 0 Å². The fourth-order valence-electron chi connectivity index (χ4n) is 1.20. The summed E-state index contributed by atoms with van der Waals surface area (Å²) in [6.07, 6.45) is -1.96. The Balaban J connectivity index is 3.46. The zero-order chi connectivity index (χ0) is 12.3. The van der Waals surface area contributed by atoms with Gasteiger partial charge in [0.05, 0.1) is 12.7 Å². The summed E-state index contributed by atoms with van der Waals surface area (Å²) in [5.41, 5.74) is -0.335. The molecule has 0 radical (unpaired) electrons. The number of alkyl halides is 3. The standard InChI is InChI=1S/C8H7BrF2N2O3/c1-16-6-4(2-9)5(7(10)11)3-12-8(6)13(14)15/h3,7H,2H2,1H3. The largest absolute Gasteiger partial charge is 0.489 e. The lowest BCUT2D eigenvalue weighted by molar-refractivity contribution is -0.390. The molecule has 0 unspecified atom stereocenters. The van der Waals surface area contributed by atoms with Crippen molar-refractivity contribution < 1.29 is 18.4 Å². The van der Waals surface area contributed by atoms with Gasteiger partial charge >= 0.3 is 5.82 Å². The highest BCUT2D eigenvalue weighted by molar-refractivity contribution is 9.08. The Morgan fingerprint density at radius 2 is 2.31 bits per heavy atom. The number of methoxy groups -OCH3 is 1. The van der Waals surface area contributed by atoms with E-state index >= 15 is 0 Å². The van der Waals surface area contributed by atoms with Gasteiger partial charge in [0.25, 0.3) is 6.43 Å². The van der Waals surface area contributed by atoms with Crippen molar-refractivity contribution in [3.05, 3.63) is 27.4 Å². The van der Waals surface area contributed by atoms with Crippen LogP contribution in [0.5, 0.6) is 5.75 Å². The number of ether oxygens (including phenoxy) is 1. The van der Waals surface area contributed by atoms with Crippen LogP contribution >= 0.6 is 15.9 Å². The van der Waals surface area contributed by atoms with Crippen molar-refractivity contribution >= 4 is 21.7 Å². The smallest absolute Gasteiger partial charge is 0.406 e. The van der Waals surface area contributed by atoms with Crippen LogP contribution in [0.3, 0.4) is 0 Å². The Hall–Kier alpha value is -1.31. The van der Waals surface area contributed by atoms with Crippen molar-refractivity contribution in [2.45, 2.75) is 11.8 Å². The van der Waals surface area contributed by atoms with Crippen LogP contribution in [0.25, 0.3) is 0 Å². The van der Waals surface area contributed by atoms with E-state index in [-0.39, 0.29) is 22.2 Å². The van der Waals surface area contributed by atoms with Crippen molar-refractivity contribution in [1.29, 1.82) is 0 Å². The van der Waals surface area contributed by atoms with Gasteiger partial charge in [-0.25, -0.2) is 8.78 Å². The van der Waals surface area contributed by atoms with Crippen molar-refractivity contribution in [3.63, 3.8) is 0 Å². The molecule has 1 aromatic rings. The summed E-state index contributed by atoms with van der Waals surface area (Å²) in [6, 6.07) is 0. The molecule has 1 aromatic heterocycles. The van der Waals surface area contributed by atoms with Gasteiger partial charge in [-0.3, -0.25) is 0 Å². The first-order valence-electron chi connectivity index (χ1n) is 4.07. The number of rotatable bonds is 4. The lowest BCUT2D eigenvalue weighted by atomic mass is 10.1. The van der Waals surface area contributed by atoms with Crippen LogP contribution in [-0.2, 0) is 5.33 Å². The molecule has 0 aromatic carbocycles. The number of hydrogen-bond donors (Lipinski definition) is 0. The summed E-state index contributed by atoms with van der Waals surface area (Å²) in [6.45, 7) is 0. The van der Waals surface area contributed by atoms with Crippen molar-refractivity contribution in [3.8, 4) is 5.75 Å². The number of pyridine rings is 1. The van der Waals surface area contributed by atoms with E-state index in [2.05, 4.69) is 20.9 Å². The molecule has 0 amide bonds. The molecule has 0 aliphatic rings. The summed E-state index contributed by atoms with van der Waals surface area (Å²) < 4.78 is 29.9. The molecule has 88 valence electrons. The molecule has 0 N–H and O–H groups in total. The Labute approximate surface area is 97.7 Å². The minimum atomic E-state index is -2.75. The first-order valence-corrected chi connectivity index (χ1v) is 5.19. The third kappa shape index (κ3) is 2.26. The first-order chi connectivity index (χ1) is 7.52. The summed E-state index contributed by atoms with van der Waals surface area (Å²) in [4.78, 5) is 13.2. The maximum Gasteiger partial charge on any atom is 0.406 e. The average Bonchev–Trinajstić information content (AvgIpc) is 2.26. The van der Waals surface area contributed by atoms with Crippen LogP contribution < -0.4 is 4.74 Å². The van der Waals surface area contributed by atoms with Crippen LogP contribution in [0, 0.1) is 10.1 Å². The lowest BCUT2D eigenvalue weighted by Gasteiger charge is -2.09. The molecule has 1 rings (SSSR count). The summed E-state index contributed by atoms with van der Waals surface area (Å²) in [5, 5.41) is 10.6. The summed E-state index contributed by atoms with van der Waals surface area (Å²) in [7, 11) is 1.17. The number of halogens is 3. The maximum atomic E-state index is 12.6. The van der Waals surface area contributed by atoms with Crippen molar-refractivity contribution in [1.82, 2.24) is 4.98 Å². The predicted molar refractivity (Wildman–Crippen MR) is 55.0 cm³/mol. The monoisotopic (exact) mass is 296 g/mol. The molecular weight excluding hydrogens is 290 g/mol. The molecule has 5 nitrogen and oxygen atoms in total. The Morgan fingerprint density at radius 3 is 2.69 bits per heavy atom. The van der Waals surface area contributed by atoms with Gasteiger partial charge < -0.3 is 14.9 Å². The molecule has 16 heavy (non-hydrogen) atoms. The third-order valence-corrected chi connectivity index (χ3v) is 2.46. The normalized spacial score (nSPS) is 10.6. The Bertz CT molecular complexity index is 415. The average molecular weight is 297 g/mol. The zero-order valence-corrected chi connectivity index (χ0v) is 9.70. The quantitative estimate of drug-likeness (QED) is 0.487. The van der Waals surface area contributed by atoms with Crippen LogP contribution in [0.15, 0.2) is 6.20 Å². The van der Waals surface area contributed by atoms with E-state index in [1.807, 2.05) is 0 Å². The SMILES string of the molecule is COc1c([N+](=O)[O-])ncc(C(F)F)c1CBr. The minimum Gasteiger partial charge on any atom is -0.489 e. The second-order valence-electron chi connectivity index (χ2n) is 2.74. The molecule has 0 fully saturated rings. The van der Waals surface area contributed by atoms with Crippen molar-refractivity contribution in [2.75, 3.05) is 7.11 Å². The van der Waals surface area contributed by atoms with E-state index in [1.54, 1.807) is 0 Å². The predicted octanol–water partition coefficient (Wildman–Crippen LogP) is 2.83.